The van der Waals surface area contributed by atoms with Crippen LogP contribution in [0.25, 0.3) is 11.0 Å². The summed E-state index contributed by atoms with van der Waals surface area (Å²) in [4.78, 5) is 4.45. The Labute approximate surface area is 114 Å². The molecule has 3 rings (SSSR count). The van der Waals surface area contributed by atoms with Crippen LogP contribution in [0.3, 0.4) is 0 Å². The molecule has 0 saturated heterocycles. The average Bonchev–Trinajstić information content (AvgIpc) is 3.15. The number of alkyl halides is 3. The number of hydrogen-bond donors (Lipinski definition) is 0. The highest BCUT2D eigenvalue weighted by molar-refractivity contribution is 5.83. The van der Waals surface area contributed by atoms with Crippen LogP contribution in [0.5, 0.6) is 0 Å². The van der Waals surface area contributed by atoms with Gasteiger partial charge in [0.2, 0.25) is 0 Å². The molecule has 3 nitrogen and oxygen atoms in total. The first-order chi connectivity index (χ1) is 9.41. The maximum atomic E-state index is 13.3. The van der Waals surface area contributed by atoms with Crippen molar-refractivity contribution in [3.8, 4) is 0 Å². The molecule has 0 aromatic carbocycles. The zero-order valence-corrected chi connectivity index (χ0v) is 11.5. The molecule has 1 saturated carbocycles. The third-order valence-electron chi connectivity index (χ3n) is 3.63. The fraction of sp³-hybridized carbons (Fsp3) is 0.571. The van der Waals surface area contributed by atoms with Gasteiger partial charge in [0.25, 0.3) is 0 Å². The fourth-order valence-corrected chi connectivity index (χ4v) is 2.55. The molecule has 1 aliphatic rings. The first kappa shape index (κ1) is 13.4. The maximum absolute atomic E-state index is 13.3. The summed E-state index contributed by atoms with van der Waals surface area (Å²) < 4.78 is 41.5. The van der Waals surface area contributed by atoms with E-state index in [1.165, 1.54) is 6.07 Å². The van der Waals surface area contributed by atoms with Crippen LogP contribution in [0.1, 0.15) is 49.1 Å². The minimum absolute atomic E-state index is 0.148. The molecule has 0 spiro atoms. The lowest BCUT2D eigenvalue weighted by molar-refractivity contribution is -0.136. The normalized spacial score (nSPS) is 16.1. The van der Waals surface area contributed by atoms with E-state index in [1.807, 2.05) is 6.92 Å². The van der Waals surface area contributed by atoms with Crippen LogP contribution in [-0.2, 0) is 12.7 Å². The van der Waals surface area contributed by atoms with E-state index in [9.17, 15) is 13.2 Å². The van der Waals surface area contributed by atoms with Crippen molar-refractivity contribution >= 4 is 11.0 Å². The smallest absolute Gasteiger partial charge is 0.247 e. The predicted octanol–water partition coefficient (Wildman–Crippen LogP) is 4.05. The van der Waals surface area contributed by atoms with Gasteiger partial charge in [0.05, 0.1) is 16.6 Å². The van der Waals surface area contributed by atoms with Crippen LogP contribution in [0.4, 0.5) is 13.2 Å². The molecule has 0 amide bonds. The first-order valence-corrected chi connectivity index (χ1v) is 6.87. The van der Waals surface area contributed by atoms with E-state index in [0.29, 0.717) is 23.6 Å². The van der Waals surface area contributed by atoms with E-state index >= 15 is 0 Å². The van der Waals surface area contributed by atoms with Crippen molar-refractivity contribution in [2.75, 3.05) is 0 Å². The average molecular weight is 283 g/mol. The molecule has 1 fully saturated rings. The number of aryl methyl sites for hydroxylation is 2. The lowest BCUT2D eigenvalue weighted by atomic mass is 10.1. The number of halogens is 3. The lowest BCUT2D eigenvalue weighted by Gasteiger charge is -2.11. The minimum atomic E-state index is -4.37. The summed E-state index contributed by atoms with van der Waals surface area (Å²) in [6, 6.07) is 1.21. The molecular formula is C14H16F3N3. The molecule has 20 heavy (non-hydrogen) atoms. The second kappa shape index (κ2) is 4.46. The summed E-state index contributed by atoms with van der Waals surface area (Å²) in [7, 11) is 0. The number of fused-ring (bicyclic) bond motifs is 1. The van der Waals surface area contributed by atoms with Gasteiger partial charge >= 0.3 is 6.18 Å². The highest BCUT2D eigenvalue weighted by Crippen LogP contribution is 2.43. The summed E-state index contributed by atoms with van der Waals surface area (Å²) in [5.41, 5.74) is 0.739. The fourth-order valence-electron chi connectivity index (χ4n) is 2.55. The number of pyridine rings is 1. The second-order valence-electron chi connectivity index (χ2n) is 5.37. The Morgan fingerprint density at radius 3 is 2.60 bits per heavy atom. The Bertz CT molecular complexity index is 654. The number of nitrogens with zero attached hydrogens (tertiary/aromatic N) is 3. The summed E-state index contributed by atoms with van der Waals surface area (Å²) in [5, 5.41) is 4.38. The van der Waals surface area contributed by atoms with Gasteiger partial charge in [-0.1, -0.05) is 6.92 Å². The number of rotatable bonds is 3. The quantitative estimate of drug-likeness (QED) is 0.851. The summed E-state index contributed by atoms with van der Waals surface area (Å²) >= 11 is 0. The van der Waals surface area contributed by atoms with Gasteiger partial charge in [0, 0.05) is 18.2 Å². The lowest BCUT2D eigenvalue weighted by Crippen LogP contribution is -2.09. The monoisotopic (exact) mass is 283 g/mol. The van der Waals surface area contributed by atoms with Crippen molar-refractivity contribution in [1.82, 2.24) is 14.8 Å². The standard InChI is InChI=1S/C14H16F3N3/c1-3-6-20-13-12(8(2)19-20)10(14(15,16)17)7-11(18-13)9-4-5-9/h7,9H,3-6H2,1-2H3. The zero-order valence-electron chi connectivity index (χ0n) is 11.5. The topological polar surface area (TPSA) is 30.7 Å². The van der Waals surface area contributed by atoms with Gasteiger partial charge in [0.1, 0.15) is 0 Å². The molecule has 2 heterocycles. The van der Waals surface area contributed by atoms with E-state index in [-0.39, 0.29) is 11.3 Å². The molecule has 6 heteroatoms. The largest absolute Gasteiger partial charge is 0.417 e. The molecule has 0 N–H and O–H groups in total. The van der Waals surface area contributed by atoms with Crippen molar-refractivity contribution < 1.29 is 13.2 Å². The molecule has 108 valence electrons. The van der Waals surface area contributed by atoms with Crippen LogP contribution in [0, 0.1) is 6.92 Å². The van der Waals surface area contributed by atoms with Crippen molar-refractivity contribution in [1.29, 1.82) is 0 Å². The van der Waals surface area contributed by atoms with Gasteiger partial charge in [-0.3, -0.25) is 0 Å². The van der Waals surface area contributed by atoms with Crippen LogP contribution < -0.4 is 0 Å². The molecule has 0 radical (unpaired) electrons. The van der Waals surface area contributed by atoms with Gasteiger partial charge in [-0.05, 0) is 32.3 Å². The van der Waals surface area contributed by atoms with Crippen molar-refractivity contribution in [3.05, 3.63) is 23.0 Å². The molecule has 2 aromatic rings. The Kier molecular flexibility index (Phi) is 2.99. The molecule has 0 bridgehead atoms. The van der Waals surface area contributed by atoms with Crippen LogP contribution in [0.15, 0.2) is 6.07 Å². The first-order valence-electron chi connectivity index (χ1n) is 6.87. The van der Waals surface area contributed by atoms with E-state index in [1.54, 1.807) is 11.6 Å². The van der Waals surface area contributed by atoms with Gasteiger partial charge < -0.3 is 0 Å². The Morgan fingerprint density at radius 2 is 2.05 bits per heavy atom. The number of hydrogen-bond acceptors (Lipinski definition) is 2. The van der Waals surface area contributed by atoms with Crippen LogP contribution >= 0.6 is 0 Å². The Balaban J connectivity index is 2.29. The van der Waals surface area contributed by atoms with E-state index in [4.69, 9.17) is 0 Å². The molecular weight excluding hydrogens is 267 g/mol. The third kappa shape index (κ3) is 2.17. The molecule has 0 aliphatic heterocycles. The predicted molar refractivity (Wildman–Crippen MR) is 69.5 cm³/mol. The zero-order chi connectivity index (χ0) is 14.5. The Hall–Kier alpha value is -1.59. The summed E-state index contributed by atoms with van der Waals surface area (Å²) in [6.45, 7) is 4.17. The van der Waals surface area contributed by atoms with Gasteiger partial charge in [-0.15, -0.1) is 0 Å². The van der Waals surface area contributed by atoms with Crippen molar-refractivity contribution in [2.24, 2.45) is 0 Å². The van der Waals surface area contributed by atoms with Gasteiger partial charge in [0.15, 0.2) is 5.65 Å². The summed E-state index contributed by atoms with van der Waals surface area (Å²) in [5.74, 6) is 0.186. The van der Waals surface area contributed by atoms with Crippen LogP contribution in [0.2, 0.25) is 0 Å². The molecule has 0 unspecified atom stereocenters. The van der Waals surface area contributed by atoms with Crippen molar-refractivity contribution in [2.45, 2.75) is 51.7 Å². The van der Waals surface area contributed by atoms with Crippen molar-refractivity contribution in [3.63, 3.8) is 0 Å². The molecule has 0 atom stereocenters. The van der Waals surface area contributed by atoms with E-state index in [2.05, 4.69) is 10.1 Å². The highest BCUT2D eigenvalue weighted by atomic mass is 19.4. The highest BCUT2D eigenvalue weighted by Gasteiger charge is 2.37. The van der Waals surface area contributed by atoms with Crippen LogP contribution in [-0.4, -0.2) is 14.8 Å². The molecule has 2 aromatic heterocycles. The maximum Gasteiger partial charge on any atom is 0.417 e. The minimum Gasteiger partial charge on any atom is -0.247 e. The van der Waals surface area contributed by atoms with E-state index in [0.717, 1.165) is 19.3 Å². The summed E-state index contributed by atoms with van der Waals surface area (Å²) in [6.07, 6.45) is -1.70. The second-order valence-corrected chi connectivity index (χ2v) is 5.37. The third-order valence-corrected chi connectivity index (χ3v) is 3.63. The Morgan fingerprint density at radius 1 is 1.35 bits per heavy atom. The van der Waals surface area contributed by atoms with E-state index < -0.39 is 11.7 Å². The van der Waals surface area contributed by atoms with Gasteiger partial charge in [-0.2, -0.15) is 18.3 Å². The van der Waals surface area contributed by atoms with Gasteiger partial charge in [-0.25, -0.2) is 9.67 Å². The molecule has 1 aliphatic carbocycles. The number of aromatic nitrogens is 3. The SMILES string of the molecule is CCCn1nc(C)c2c(C(F)(F)F)cc(C3CC3)nc21.